The van der Waals surface area contributed by atoms with Crippen molar-refractivity contribution in [2.45, 2.75) is 46.1 Å². The normalized spacial score (nSPS) is 12.8. The maximum Gasteiger partial charge on any atom is 0.294 e. The minimum Gasteiger partial charge on any atom is -0.316 e. The first-order chi connectivity index (χ1) is 14.5. The Bertz CT molecular complexity index is 1070. The Hall–Kier alpha value is -2.25. The van der Waals surface area contributed by atoms with E-state index in [0.717, 1.165) is 39.9 Å². The van der Waals surface area contributed by atoms with E-state index < -0.39 is 0 Å². The van der Waals surface area contributed by atoms with E-state index in [1.807, 2.05) is 18.2 Å². The second-order valence-corrected chi connectivity index (χ2v) is 8.96. The predicted molar refractivity (Wildman–Crippen MR) is 127 cm³/mol. The van der Waals surface area contributed by atoms with Crippen LogP contribution in [0.5, 0.6) is 0 Å². The zero-order valence-corrected chi connectivity index (χ0v) is 19.7. The third-order valence-electron chi connectivity index (χ3n) is 5.23. The van der Waals surface area contributed by atoms with Gasteiger partial charge in [0.2, 0.25) is 0 Å². The fourth-order valence-electron chi connectivity index (χ4n) is 3.47. The van der Waals surface area contributed by atoms with E-state index in [1.165, 1.54) is 30.2 Å². The molecule has 3 rings (SSSR count). The number of nitrogens with zero attached hydrogens (tertiary/aromatic N) is 3. The molecule has 1 heterocycles. The molecule has 0 aliphatic heterocycles. The molecular formula is C23H26BrN3O2S. The van der Waals surface area contributed by atoms with Crippen molar-refractivity contribution >= 4 is 38.6 Å². The van der Waals surface area contributed by atoms with Crippen molar-refractivity contribution in [1.82, 2.24) is 4.57 Å². The molecule has 1 aromatic heterocycles. The molecule has 0 saturated heterocycles. The monoisotopic (exact) mass is 487 g/mol. The summed E-state index contributed by atoms with van der Waals surface area (Å²) in [4.78, 5) is 16.6. The van der Waals surface area contributed by atoms with Gasteiger partial charge in [0.05, 0.1) is 10.6 Å². The van der Waals surface area contributed by atoms with Gasteiger partial charge in [0.25, 0.3) is 5.69 Å². The fraction of sp³-hybridized carbons (Fsp3) is 0.348. The van der Waals surface area contributed by atoms with Crippen LogP contribution in [0.4, 0.5) is 11.4 Å². The van der Waals surface area contributed by atoms with Crippen molar-refractivity contribution in [3.05, 3.63) is 73.3 Å². The fourth-order valence-corrected chi connectivity index (χ4v) is 4.88. The Morgan fingerprint density at radius 3 is 2.60 bits per heavy atom. The lowest BCUT2D eigenvalue weighted by Gasteiger charge is -2.18. The number of hydrogen-bond acceptors (Lipinski definition) is 4. The molecule has 7 heteroatoms. The lowest BCUT2D eigenvalue weighted by Crippen LogP contribution is -2.21. The Morgan fingerprint density at radius 1 is 1.17 bits per heavy atom. The van der Waals surface area contributed by atoms with Gasteiger partial charge in [0.15, 0.2) is 4.80 Å². The third-order valence-corrected chi connectivity index (χ3v) is 6.78. The van der Waals surface area contributed by atoms with Crippen LogP contribution < -0.4 is 4.80 Å². The zero-order chi connectivity index (χ0) is 21.5. The summed E-state index contributed by atoms with van der Waals surface area (Å²) in [6.45, 7) is 5.28. The van der Waals surface area contributed by atoms with E-state index in [1.54, 1.807) is 18.2 Å². The molecule has 0 radical (unpaired) electrons. The van der Waals surface area contributed by atoms with Gasteiger partial charge in [-0.05, 0) is 24.5 Å². The minimum atomic E-state index is -0.373. The van der Waals surface area contributed by atoms with E-state index in [0.29, 0.717) is 11.6 Å². The number of rotatable bonds is 9. The quantitative estimate of drug-likeness (QED) is 0.234. The molecule has 3 aromatic rings. The average molecular weight is 488 g/mol. The molecule has 0 aliphatic rings. The summed E-state index contributed by atoms with van der Waals surface area (Å²) >= 11 is 5.19. The number of para-hydroxylation sites is 2. The van der Waals surface area contributed by atoms with E-state index in [9.17, 15) is 10.1 Å². The SMILES string of the molecule is CCCCC(CC)Cn1c(-c2ccccc2Br)csc1=Nc1ccccc1[N+](=O)[O-]. The highest BCUT2D eigenvalue weighted by atomic mass is 79.9. The number of unbranched alkanes of at least 4 members (excludes halogenated alkanes) is 1. The number of hydrogen-bond donors (Lipinski definition) is 0. The maximum atomic E-state index is 11.4. The van der Waals surface area contributed by atoms with Crippen molar-refractivity contribution in [1.29, 1.82) is 0 Å². The van der Waals surface area contributed by atoms with Gasteiger partial charge in [-0.15, -0.1) is 11.3 Å². The van der Waals surface area contributed by atoms with E-state index in [4.69, 9.17) is 4.99 Å². The molecule has 0 amide bonds. The summed E-state index contributed by atoms with van der Waals surface area (Å²) in [6.07, 6.45) is 4.62. The molecule has 0 spiro atoms. The molecule has 0 fully saturated rings. The van der Waals surface area contributed by atoms with Crippen LogP contribution in [0.25, 0.3) is 11.3 Å². The first-order valence-corrected chi connectivity index (χ1v) is 11.9. The Balaban J connectivity index is 2.14. The summed E-state index contributed by atoms with van der Waals surface area (Å²) in [5.41, 5.74) is 2.60. The summed E-state index contributed by atoms with van der Waals surface area (Å²) in [6, 6.07) is 14.8. The molecule has 5 nitrogen and oxygen atoms in total. The van der Waals surface area contributed by atoms with Crippen LogP contribution in [0.2, 0.25) is 0 Å². The summed E-state index contributed by atoms with van der Waals surface area (Å²) in [7, 11) is 0. The van der Waals surface area contributed by atoms with Crippen LogP contribution in [0.15, 0.2) is 63.4 Å². The van der Waals surface area contributed by atoms with Gasteiger partial charge in [-0.25, -0.2) is 4.99 Å². The lowest BCUT2D eigenvalue weighted by molar-refractivity contribution is -0.384. The molecule has 0 bridgehead atoms. The zero-order valence-electron chi connectivity index (χ0n) is 17.3. The molecular weight excluding hydrogens is 462 g/mol. The number of aromatic nitrogens is 1. The van der Waals surface area contributed by atoms with Crippen molar-refractivity contribution in [3.63, 3.8) is 0 Å². The van der Waals surface area contributed by atoms with E-state index >= 15 is 0 Å². The van der Waals surface area contributed by atoms with Gasteiger partial charge in [-0.3, -0.25) is 10.1 Å². The number of benzene rings is 2. The first-order valence-electron chi connectivity index (χ1n) is 10.3. The molecule has 0 saturated carbocycles. The number of thiazole rings is 1. The lowest BCUT2D eigenvalue weighted by atomic mass is 9.99. The van der Waals surface area contributed by atoms with Crippen molar-refractivity contribution in [2.75, 3.05) is 0 Å². The Morgan fingerprint density at radius 2 is 1.90 bits per heavy atom. The van der Waals surface area contributed by atoms with Crippen molar-refractivity contribution in [3.8, 4) is 11.3 Å². The van der Waals surface area contributed by atoms with Crippen LogP contribution in [-0.2, 0) is 6.54 Å². The Labute approximate surface area is 189 Å². The van der Waals surface area contributed by atoms with E-state index in [-0.39, 0.29) is 10.6 Å². The molecule has 1 unspecified atom stereocenters. The van der Waals surface area contributed by atoms with Crippen LogP contribution >= 0.6 is 27.3 Å². The Kier molecular flexibility index (Phi) is 7.99. The number of nitro benzene ring substituents is 1. The topological polar surface area (TPSA) is 60.4 Å². The smallest absolute Gasteiger partial charge is 0.294 e. The molecule has 1 atom stereocenters. The molecule has 30 heavy (non-hydrogen) atoms. The highest BCUT2D eigenvalue weighted by Crippen LogP contribution is 2.31. The van der Waals surface area contributed by atoms with Gasteiger partial charge >= 0.3 is 0 Å². The van der Waals surface area contributed by atoms with Gasteiger partial charge < -0.3 is 4.57 Å². The standard InChI is InChI=1S/C23H26BrN3O2S/c1-3-5-10-17(4-2)15-26-22(18-11-6-7-12-19(18)24)16-30-23(26)25-20-13-8-9-14-21(20)27(28)29/h6-9,11-14,16-17H,3-5,10,15H2,1-2H3. The largest absolute Gasteiger partial charge is 0.316 e. The van der Waals surface area contributed by atoms with Crippen LogP contribution in [0.1, 0.15) is 39.5 Å². The highest BCUT2D eigenvalue weighted by Gasteiger charge is 2.17. The molecule has 158 valence electrons. The van der Waals surface area contributed by atoms with Crippen LogP contribution in [0.3, 0.4) is 0 Å². The third kappa shape index (κ3) is 5.26. The predicted octanol–water partition coefficient (Wildman–Crippen LogP) is 7.34. The molecule has 2 aromatic carbocycles. The summed E-state index contributed by atoms with van der Waals surface area (Å²) < 4.78 is 3.25. The average Bonchev–Trinajstić information content (AvgIpc) is 3.13. The molecule has 0 aliphatic carbocycles. The number of nitro groups is 1. The van der Waals surface area contributed by atoms with Gasteiger partial charge in [-0.2, -0.15) is 0 Å². The van der Waals surface area contributed by atoms with Crippen LogP contribution in [0, 0.1) is 16.0 Å². The van der Waals surface area contributed by atoms with E-state index in [2.05, 4.69) is 45.8 Å². The van der Waals surface area contributed by atoms with Gasteiger partial charge in [0, 0.05) is 28.0 Å². The second-order valence-electron chi connectivity index (χ2n) is 7.27. The number of halogens is 1. The van der Waals surface area contributed by atoms with Gasteiger partial charge in [0.1, 0.15) is 5.69 Å². The molecule has 0 N–H and O–H groups in total. The van der Waals surface area contributed by atoms with Crippen LogP contribution in [-0.4, -0.2) is 9.49 Å². The van der Waals surface area contributed by atoms with Gasteiger partial charge in [-0.1, -0.05) is 79.4 Å². The summed E-state index contributed by atoms with van der Waals surface area (Å²) in [5.74, 6) is 0.533. The maximum absolute atomic E-state index is 11.4. The van der Waals surface area contributed by atoms with Crippen molar-refractivity contribution < 1.29 is 4.92 Å². The minimum absolute atomic E-state index is 0.0258. The first kappa shape index (κ1) is 22.4. The second kappa shape index (κ2) is 10.7. The summed E-state index contributed by atoms with van der Waals surface area (Å²) in [5, 5.41) is 13.5. The highest BCUT2D eigenvalue weighted by molar-refractivity contribution is 9.10. The van der Waals surface area contributed by atoms with Crippen molar-refractivity contribution in [2.24, 2.45) is 10.9 Å².